The maximum atomic E-state index is 13.4. The van der Waals surface area contributed by atoms with Crippen molar-refractivity contribution in [3.8, 4) is 5.75 Å². The Morgan fingerprint density at radius 3 is 2.24 bits per heavy atom. The largest absolute Gasteiger partial charge is 0.494 e. The molecule has 8 heteroatoms. The van der Waals surface area contributed by atoms with E-state index >= 15 is 0 Å². The van der Waals surface area contributed by atoms with Crippen molar-refractivity contribution in [3.63, 3.8) is 0 Å². The number of nitrogens with one attached hydrogen (secondary N) is 1. The minimum absolute atomic E-state index is 0.0581. The average Bonchev–Trinajstić information content (AvgIpc) is 2.82. The van der Waals surface area contributed by atoms with Gasteiger partial charge in [-0.05, 0) is 66.9 Å². The van der Waals surface area contributed by atoms with Crippen LogP contribution in [0.3, 0.4) is 0 Å². The zero-order chi connectivity index (χ0) is 23.8. The summed E-state index contributed by atoms with van der Waals surface area (Å²) in [5.41, 5.74) is 1.37. The first-order valence-corrected chi connectivity index (χ1v) is 12.1. The van der Waals surface area contributed by atoms with Gasteiger partial charge in [0.05, 0.1) is 17.2 Å². The van der Waals surface area contributed by atoms with Crippen LogP contribution >= 0.6 is 0 Å². The number of benzene rings is 3. The van der Waals surface area contributed by atoms with Gasteiger partial charge in [0.25, 0.3) is 10.0 Å². The maximum absolute atomic E-state index is 13.4. The molecule has 0 aliphatic carbocycles. The molecular weight excluding hydrogens is 443 g/mol. The van der Waals surface area contributed by atoms with Gasteiger partial charge < -0.3 is 10.1 Å². The summed E-state index contributed by atoms with van der Waals surface area (Å²) in [5, 5.41) is 2.82. The lowest BCUT2D eigenvalue weighted by atomic mass is 10.0. The van der Waals surface area contributed by atoms with Crippen LogP contribution in [-0.2, 0) is 14.8 Å². The highest BCUT2D eigenvalue weighted by atomic mass is 32.2. The Kier molecular flexibility index (Phi) is 8.06. The first-order chi connectivity index (χ1) is 15.8. The van der Waals surface area contributed by atoms with Gasteiger partial charge in [-0.3, -0.25) is 9.10 Å². The molecule has 0 aromatic heterocycles. The molecule has 0 heterocycles. The van der Waals surface area contributed by atoms with Gasteiger partial charge in [-0.15, -0.1) is 0 Å². The van der Waals surface area contributed by atoms with Gasteiger partial charge in [-0.2, -0.15) is 0 Å². The Bertz CT molecular complexity index is 1150. The Balaban J connectivity index is 1.82. The monoisotopic (exact) mass is 470 g/mol. The Morgan fingerprint density at radius 2 is 1.64 bits per heavy atom. The Morgan fingerprint density at radius 1 is 1.00 bits per heavy atom. The normalized spacial score (nSPS) is 12.1. The van der Waals surface area contributed by atoms with E-state index in [4.69, 9.17) is 4.74 Å². The molecule has 0 aliphatic heterocycles. The number of ether oxygens (including phenoxy) is 1. The highest BCUT2D eigenvalue weighted by Gasteiger charge is 2.27. The minimum atomic E-state index is -4.12. The van der Waals surface area contributed by atoms with Crippen LogP contribution in [0, 0.1) is 5.82 Å². The fraction of sp³-hybridized carbons (Fsp3) is 0.240. The molecule has 0 aliphatic rings. The third-order valence-corrected chi connectivity index (χ3v) is 6.89. The molecule has 0 unspecified atom stereocenters. The summed E-state index contributed by atoms with van der Waals surface area (Å²) in [6, 6.07) is 20.7. The second-order valence-corrected chi connectivity index (χ2v) is 9.37. The van der Waals surface area contributed by atoms with E-state index in [1.54, 1.807) is 24.3 Å². The van der Waals surface area contributed by atoms with E-state index in [1.165, 1.54) is 12.1 Å². The van der Waals surface area contributed by atoms with Crippen molar-refractivity contribution in [1.82, 2.24) is 5.32 Å². The van der Waals surface area contributed by atoms with E-state index < -0.39 is 28.3 Å². The van der Waals surface area contributed by atoms with Gasteiger partial charge in [0.2, 0.25) is 5.91 Å². The van der Waals surface area contributed by atoms with Crippen molar-refractivity contribution in [1.29, 1.82) is 0 Å². The number of amides is 1. The highest BCUT2D eigenvalue weighted by Crippen LogP contribution is 2.26. The van der Waals surface area contributed by atoms with E-state index in [2.05, 4.69) is 5.32 Å². The number of rotatable bonds is 10. The van der Waals surface area contributed by atoms with Crippen molar-refractivity contribution in [2.75, 3.05) is 24.0 Å². The first-order valence-electron chi connectivity index (χ1n) is 10.6. The van der Waals surface area contributed by atoms with Gasteiger partial charge in [0.15, 0.2) is 0 Å². The van der Waals surface area contributed by atoms with E-state index in [-0.39, 0.29) is 10.8 Å². The topological polar surface area (TPSA) is 75.7 Å². The molecule has 0 bridgehead atoms. The van der Waals surface area contributed by atoms with Crippen molar-refractivity contribution in [3.05, 3.63) is 90.2 Å². The molecular formula is C25H27FN2O4S. The first kappa shape index (κ1) is 24.3. The molecule has 0 saturated heterocycles. The van der Waals surface area contributed by atoms with Gasteiger partial charge in [0, 0.05) is 6.54 Å². The molecule has 33 heavy (non-hydrogen) atoms. The SMILES string of the molecule is CCOc1ccc(N(CC(=O)NC[C@@H](C)c2ccccc2)S(=O)(=O)c2ccc(F)cc2)cc1. The lowest BCUT2D eigenvalue weighted by Gasteiger charge is -2.24. The summed E-state index contributed by atoms with van der Waals surface area (Å²) >= 11 is 0. The molecule has 3 aromatic carbocycles. The Labute approximate surface area is 194 Å². The van der Waals surface area contributed by atoms with Gasteiger partial charge in [0.1, 0.15) is 18.1 Å². The number of anilines is 1. The summed E-state index contributed by atoms with van der Waals surface area (Å²) in [6.45, 7) is 4.24. The molecule has 3 rings (SSSR count). The van der Waals surface area contributed by atoms with Crippen LogP contribution in [-0.4, -0.2) is 34.0 Å². The van der Waals surface area contributed by atoms with Crippen molar-refractivity contribution in [2.45, 2.75) is 24.7 Å². The number of carbonyl (C=O) groups excluding carboxylic acids is 1. The lowest BCUT2D eigenvalue weighted by Crippen LogP contribution is -2.41. The second kappa shape index (κ2) is 11.0. The van der Waals surface area contributed by atoms with Crippen LogP contribution in [0.1, 0.15) is 25.3 Å². The van der Waals surface area contributed by atoms with Crippen LogP contribution in [0.4, 0.5) is 10.1 Å². The second-order valence-electron chi connectivity index (χ2n) is 7.51. The molecule has 0 radical (unpaired) electrons. The number of halogens is 1. The summed E-state index contributed by atoms with van der Waals surface area (Å²) in [6.07, 6.45) is 0. The van der Waals surface area contributed by atoms with Crippen LogP contribution < -0.4 is 14.4 Å². The van der Waals surface area contributed by atoms with Crippen LogP contribution in [0.2, 0.25) is 0 Å². The summed E-state index contributed by atoms with van der Waals surface area (Å²) in [5.74, 6) is -0.351. The summed E-state index contributed by atoms with van der Waals surface area (Å²) < 4.78 is 46.5. The van der Waals surface area contributed by atoms with Crippen molar-refractivity contribution >= 4 is 21.6 Å². The number of sulfonamides is 1. The fourth-order valence-electron chi connectivity index (χ4n) is 3.28. The van der Waals surface area contributed by atoms with E-state index in [1.807, 2.05) is 44.2 Å². The molecule has 174 valence electrons. The van der Waals surface area contributed by atoms with Crippen LogP contribution in [0.25, 0.3) is 0 Å². The van der Waals surface area contributed by atoms with E-state index in [0.29, 0.717) is 24.6 Å². The quantitative estimate of drug-likeness (QED) is 0.478. The average molecular weight is 471 g/mol. The molecule has 1 N–H and O–H groups in total. The number of carbonyl (C=O) groups is 1. The van der Waals surface area contributed by atoms with Gasteiger partial charge >= 0.3 is 0 Å². The summed E-state index contributed by atoms with van der Waals surface area (Å²) in [7, 11) is -4.12. The fourth-order valence-corrected chi connectivity index (χ4v) is 4.70. The van der Waals surface area contributed by atoms with Gasteiger partial charge in [-0.1, -0.05) is 37.3 Å². The number of nitrogens with zero attached hydrogens (tertiary/aromatic N) is 1. The number of hydrogen-bond donors (Lipinski definition) is 1. The number of hydrogen-bond acceptors (Lipinski definition) is 4. The zero-order valence-electron chi connectivity index (χ0n) is 18.6. The molecule has 0 spiro atoms. The van der Waals surface area contributed by atoms with Crippen molar-refractivity contribution in [2.24, 2.45) is 0 Å². The van der Waals surface area contributed by atoms with E-state index in [9.17, 15) is 17.6 Å². The third kappa shape index (κ3) is 6.32. The smallest absolute Gasteiger partial charge is 0.264 e. The summed E-state index contributed by atoms with van der Waals surface area (Å²) in [4.78, 5) is 12.7. The molecule has 1 amide bonds. The van der Waals surface area contributed by atoms with Gasteiger partial charge in [-0.25, -0.2) is 12.8 Å². The predicted octanol–water partition coefficient (Wildman–Crippen LogP) is 4.34. The molecule has 1 atom stereocenters. The van der Waals surface area contributed by atoms with Crippen molar-refractivity contribution < 1.29 is 22.3 Å². The maximum Gasteiger partial charge on any atom is 0.264 e. The molecule has 0 saturated carbocycles. The third-order valence-electron chi connectivity index (χ3n) is 5.10. The predicted molar refractivity (Wildman–Crippen MR) is 126 cm³/mol. The lowest BCUT2D eigenvalue weighted by molar-refractivity contribution is -0.119. The van der Waals surface area contributed by atoms with E-state index in [0.717, 1.165) is 22.0 Å². The van der Waals surface area contributed by atoms with Crippen LogP contribution in [0.15, 0.2) is 83.8 Å². The standard InChI is InChI=1S/C25H27FN2O4S/c1-3-32-23-13-11-22(12-14-23)28(33(30,31)24-15-9-21(26)10-16-24)18-25(29)27-17-19(2)20-7-5-4-6-8-20/h4-16,19H,3,17-18H2,1-2H3,(H,27,29)/t19-/m1/s1. The minimum Gasteiger partial charge on any atom is -0.494 e. The Hall–Kier alpha value is -3.39. The molecule has 3 aromatic rings. The highest BCUT2D eigenvalue weighted by molar-refractivity contribution is 7.92. The molecule has 6 nitrogen and oxygen atoms in total. The zero-order valence-corrected chi connectivity index (χ0v) is 19.4. The molecule has 0 fully saturated rings. The van der Waals surface area contributed by atoms with Crippen LogP contribution in [0.5, 0.6) is 5.75 Å².